The third-order valence-corrected chi connectivity index (χ3v) is 5.84. The minimum atomic E-state index is 0.212. The van der Waals surface area contributed by atoms with Crippen LogP contribution < -0.4 is 4.90 Å². The molecule has 0 amide bonds. The van der Waals surface area contributed by atoms with Gasteiger partial charge in [0.1, 0.15) is 17.9 Å². The molecule has 0 unspecified atom stereocenters. The molecule has 0 atom stereocenters. The van der Waals surface area contributed by atoms with Gasteiger partial charge in [0.2, 0.25) is 0 Å². The fourth-order valence-electron chi connectivity index (χ4n) is 4.12. The molecule has 2 N–H and O–H groups in total. The van der Waals surface area contributed by atoms with Gasteiger partial charge in [-0.3, -0.25) is 0 Å². The highest BCUT2D eigenvalue weighted by Crippen LogP contribution is 2.31. The number of hydrogen-bond acceptors (Lipinski definition) is 7. The van der Waals surface area contributed by atoms with Crippen molar-refractivity contribution in [3.8, 4) is 28.3 Å². The van der Waals surface area contributed by atoms with Gasteiger partial charge >= 0.3 is 0 Å². The third kappa shape index (κ3) is 4.43. The van der Waals surface area contributed by atoms with Crippen LogP contribution in [0.5, 0.6) is 5.75 Å². The summed E-state index contributed by atoms with van der Waals surface area (Å²) in [7, 11) is 0. The van der Waals surface area contributed by atoms with Gasteiger partial charge in [0.15, 0.2) is 5.82 Å². The van der Waals surface area contributed by atoms with Crippen LogP contribution >= 0.6 is 0 Å². The molecule has 170 valence electrons. The number of nitrogens with zero attached hydrogens (tertiary/aromatic N) is 6. The van der Waals surface area contributed by atoms with Gasteiger partial charge in [-0.15, -0.1) is 5.10 Å². The van der Waals surface area contributed by atoms with Crippen molar-refractivity contribution in [3.05, 3.63) is 78.6 Å². The van der Waals surface area contributed by atoms with Crippen LogP contribution in [0.15, 0.2) is 73.1 Å². The van der Waals surface area contributed by atoms with E-state index in [-0.39, 0.29) is 5.75 Å². The molecule has 0 spiro atoms. The lowest BCUT2D eigenvalue weighted by molar-refractivity contribution is 0.476. The first-order valence-corrected chi connectivity index (χ1v) is 11.3. The maximum absolute atomic E-state index is 10.0. The topological polar surface area (TPSA) is 104 Å². The molecular weight excluding hydrogens is 426 g/mol. The fraction of sp³-hybridized carbons (Fsp3) is 0.192. The number of tetrazole rings is 1. The van der Waals surface area contributed by atoms with Crippen molar-refractivity contribution in [3.63, 3.8) is 0 Å². The van der Waals surface area contributed by atoms with Crippen LogP contribution in [0.4, 0.5) is 5.82 Å². The summed E-state index contributed by atoms with van der Waals surface area (Å²) in [4.78, 5) is 11.2. The second-order valence-electron chi connectivity index (χ2n) is 8.17. The summed E-state index contributed by atoms with van der Waals surface area (Å²) in [5.41, 5.74) is 5.10. The van der Waals surface area contributed by atoms with Gasteiger partial charge in [-0.25, -0.2) is 15.1 Å². The fourth-order valence-corrected chi connectivity index (χ4v) is 4.12. The van der Waals surface area contributed by atoms with Crippen molar-refractivity contribution in [2.24, 2.45) is 0 Å². The van der Waals surface area contributed by atoms with Gasteiger partial charge in [-0.05, 0) is 51.7 Å². The number of benzene rings is 3. The van der Waals surface area contributed by atoms with E-state index in [1.165, 1.54) is 5.56 Å². The number of unbranched alkanes of at least 4 members (excludes halogenated alkanes) is 1. The normalized spacial score (nSPS) is 11.1. The number of phenols is 1. The van der Waals surface area contributed by atoms with E-state index in [0.29, 0.717) is 12.4 Å². The highest BCUT2D eigenvalue weighted by Gasteiger charge is 2.15. The first-order valence-electron chi connectivity index (χ1n) is 11.3. The monoisotopic (exact) mass is 451 g/mol. The molecule has 2 aromatic heterocycles. The van der Waals surface area contributed by atoms with Crippen molar-refractivity contribution in [1.82, 2.24) is 30.6 Å². The lowest BCUT2D eigenvalue weighted by Crippen LogP contribution is -2.25. The molecule has 3 aromatic carbocycles. The van der Waals surface area contributed by atoms with Crippen LogP contribution in [-0.4, -0.2) is 42.2 Å². The van der Waals surface area contributed by atoms with E-state index >= 15 is 0 Å². The lowest BCUT2D eigenvalue weighted by Gasteiger charge is -2.25. The van der Waals surface area contributed by atoms with E-state index in [1.807, 2.05) is 24.3 Å². The average Bonchev–Trinajstić information content (AvgIpc) is 3.42. The van der Waals surface area contributed by atoms with Crippen LogP contribution in [0.1, 0.15) is 25.3 Å². The molecule has 0 saturated carbocycles. The number of aromatic hydroxyl groups is 1. The van der Waals surface area contributed by atoms with E-state index < -0.39 is 0 Å². The molecular formula is C26H25N7O. The summed E-state index contributed by atoms with van der Waals surface area (Å²) in [6.45, 7) is 3.75. The van der Waals surface area contributed by atoms with Crippen LogP contribution in [0.25, 0.3) is 33.4 Å². The molecule has 0 aliphatic carbocycles. The van der Waals surface area contributed by atoms with Crippen LogP contribution in [0.3, 0.4) is 0 Å². The largest absolute Gasteiger partial charge is 0.508 e. The number of aromatic amines is 1. The van der Waals surface area contributed by atoms with Gasteiger partial charge in [-0.1, -0.05) is 61.9 Å². The second kappa shape index (κ2) is 9.66. The zero-order valence-electron chi connectivity index (χ0n) is 18.9. The first-order chi connectivity index (χ1) is 16.7. The molecule has 34 heavy (non-hydrogen) atoms. The van der Waals surface area contributed by atoms with Crippen LogP contribution in [0, 0.1) is 0 Å². The maximum Gasteiger partial charge on any atom is 0.180 e. The number of anilines is 1. The average molecular weight is 452 g/mol. The Labute approximate surface area is 197 Å². The number of nitrogens with one attached hydrogen (secondary N) is 1. The number of fused-ring (bicyclic) bond motifs is 1. The third-order valence-electron chi connectivity index (χ3n) is 5.84. The van der Waals surface area contributed by atoms with Crippen molar-refractivity contribution >= 4 is 16.7 Å². The summed E-state index contributed by atoms with van der Waals surface area (Å²) in [5.74, 6) is 1.69. The van der Waals surface area contributed by atoms with E-state index in [4.69, 9.17) is 0 Å². The summed E-state index contributed by atoms with van der Waals surface area (Å²) >= 11 is 0. The molecule has 8 heteroatoms. The molecule has 5 rings (SSSR count). The van der Waals surface area contributed by atoms with E-state index in [2.05, 4.69) is 72.7 Å². The highest BCUT2D eigenvalue weighted by atomic mass is 16.3. The van der Waals surface area contributed by atoms with Gasteiger partial charge in [0.05, 0.1) is 5.52 Å². The Balaban J connectivity index is 1.45. The standard InChI is InChI=1S/C26H25N7O/c1-2-3-14-33(26-23-15-20(34)12-13-24(23)27-17-28-26)16-18-8-10-19(11-9-18)21-6-4-5-7-22(21)25-29-31-32-30-25/h4-13,15,17,34H,2-3,14,16H2,1H3,(H,29,30,31,32). The first kappa shape index (κ1) is 21.5. The van der Waals surface area contributed by atoms with Gasteiger partial charge in [-0.2, -0.15) is 0 Å². The Hall–Kier alpha value is -4.33. The molecule has 0 bridgehead atoms. The van der Waals surface area contributed by atoms with E-state index in [9.17, 15) is 5.11 Å². The zero-order chi connectivity index (χ0) is 23.3. The number of H-pyrrole nitrogens is 1. The summed E-state index contributed by atoms with van der Waals surface area (Å²) in [6.07, 6.45) is 3.71. The van der Waals surface area contributed by atoms with Crippen molar-refractivity contribution in [2.45, 2.75) is 26.3 Å². The number of hydrogen-bond donors (Lipinski definition) is 2. The van der Waals surface area contributed by atoms with Crippen LogP contribution in [-0.2, 0) is 6.54 Å². The Morgan fingerprint density at radius 2 is 1.76 bits per heavy atom. The predicted molar refractivity (Wildman–Crippen MR) is 132 cm³/mol. The Bertz CT molecular complexity index is 1380. The Morgan fingerprint density at radius 3 is 2.53 bits per heavy atom. The number of rotatable bonds is 8. The molecule has 0 saturated heterocycles. The summed E-state index contributed by atoms with van der Waals surface area (Å²) < 4.78 is 0. The SMILES string of the molecule is CCCCN(Cc1ccc(-c2ccccc2-c2nnn[nH]2)cc1)c1ncnc2ccc(O)cc12. The van der Waals surface area contributed by atoms with Gasteiger partial charge < -0.3 is 10.0 Å². The molecule has 8 nitrogen and oxygen atoms in total. The minimum absolute atomic E-state index is 0.212. The number of aromatic nitrogens is 6. The smallest absolute Gasteiger partial charge is 0.180 e. The lowest BCUT2D eigenvalue weighted by atomic mass is 9.98. The molecule has 0 aliphatic heterocycles. The molecule has 2 heterocycles. The molecule has 5 aromatic rings. The van der Waals surface area contributed by atoms with Crippen molar-refractivity contribution in [2.75, 3.05) is 11.4 Å². The summed E-state index contributed by atoms with van der Waals surface area (Å²) in [6, 6.07) is 21.8. The Kier molecular flexibility index (Phi) is 6.11. The maximum atomic E-state index is 10.0. The van der Waals surface area contributed by atoms with Crippen molar-refractivity contribution in [1.29, 1.82) is 0 Å². The second-order valence-corrected chi connectivity index (χ2v) is 8.17. The van der Waals surface area contributed by atoms with Crippen LogP contribution in [0.2, 0.25) is 0 Å². The van der Waals surface area contributed by atoms with E-state index in [0.717, 1.165) is 52.8 Å². The predicted octanol–water partition coefficient (Wildman–Crippen LogP) is 4.99. The van der Waals surface area contributed by atoms with Gasteiger partial charge in [0.25, 0.3) is 0 Å². The quantitative estimate of drug-likeness (QED) is 0.342. The Morgan fingerprint density at radius 1 is 0.941 bits per heavy atom. The molecule has 0 aliphatic rings. The van der Waals surface area contributed by atoms with Gasteiger partial charge in [0, 0.05) is 24.0 Å². The zero-order valence-corrected chi connectivity index (χ0v) is 18.9. The summed E-state index contributed by atoms with van der Waals surface area (Å²) in [5, 5.41) is 25.2. The molecule has 0 fully saturated rings. The minimum Gasteiger partial charge on any atom is -0.508 e. The number of phenolic OH excluding ortho intramolecular Hbond substituents is 1. The van der Waals surface area contributed by atoms with E-state index in [1.54, 1.807) is 18.5 Å². The van der Waals surface area contributed by atoms with Crippen molar-refractivity contribution < 1.29 is 5.11 Å². The highest BCUT2D eigenvalue weighted by molar-refractivity contribution is 5.90. The molecule has 0 radical (unpaired) electrons.